The summed E-state index contributed by atoms with van der Waals surface area (Å²) in [7, 11) is 1.79. The molecule has 72 valence electrons. The molecule has 0 unspecified atom stereocenters. The van der Waals surface area contributed by atoms with Gasteiger partial charge in [0.05, 0.1) is 10.5 Å². The highest BCUT2D eigenvalue weighted by Gasteiger charge is 2.06. The molecule has 1 N–H and O–H groups in total. The Morgan fingerprint density at radius 2 is 2.21 bits per heavy atom. The molecule has 4 heteroatoms. The van der Waals surface area contributed by atoms with Gasteiger partial charge in [0.2, 0.25) is 0 Å². The van der Waals surface area contributed by atoms with Crippen LogP contribution in [0.15, 0.2) is 24.4 Å². The summed E-state index contributed by atoms with van der Waals surface area (Å²) in [4.78, 5) is 4.05. The highest BCUT2D eigenvalue weighted by atomic mass is 35.5. The predicted octanol–water partition coefficient (Wildman–Crippen LogP) is 3.07. The lowest BCUT2D eigenvalue weighted by molar-refractivity contribution is 0.629. The van der Waals surface area contributed by atoms with Crippen molar-refractivity contribution in [2.24, 2.45) is 0 Å². The van der Waals surface area contributed by atoms with Crippen molar-refractivity contribution in [3.05, 3.63) is 35.2 Å². The fraction of sp³-hybridized carbons (Fsp3) is 0.100. The van der Waals surface area contributed by atoms with Crippen molar-refractivity contribution in [2.45, 2.75) is 0 Å². The van der Waals surface area contributed by atoms with Crippen molar-refractivity contribution in [3.8, 4) is 0 Å². The minimum Gasteiger partial charge on any atom is -0.387 e. The van der Waals surface area contributed by atoms with Gasteiger partial charge in [-0.25, -0.2) is 4.39 Å². The quantitative estimate of drug-likeness (QED) is 0.783. The number of nitrogens with one attached hydrogen (secondary N) is 1. The van der Waals surface area contributed by atoms with Gasteiger partial charge in [0.25, 0.3) is 0 Å². The summed E-state index contributed by atoms with van der Waals surface area (Å²) in [6.07, 6.45) is 1.62. The summed E-state index contributed by atoms with van der Waals surface area (Å²) in [6, 6.07) is 4.45. The highest BCUT2D eigenvalue weighted by Crippen LogP contribution is 2.29. The topological polar surface area (TPSA) is 24.9 Å². The number of hydrogen-bond acceptors (Lipinski definition) is 2. The van der Waals surface area contributed by atoms with Crippen LogP contribution in [0.1, 0.15) is 0 Å². The fourth-order valence-corrected chi connectivity index (χ4v) is 1.72. The van der Waals surface area contributed by atoms with Gasteiger partial charge in [-0.15, -0.1) is 0 Å². The summed E-state index contributed by atoms with van der Waals surface area (Å²) in [5.74, 6) is -0.372. The summed E-state index contributed by atoms with van der Waals surface area (Å²) in [6.45, 7) is 0. The van der Waals surface area contributed by atoms with E-state index in [0.29, 0.717) is 10.5 Å². The third kappa shape index (κ3) is 1.40. The third-order valence-electron chi connectivity index (χ3n) is 2.03. The van der Waals surface area contributed by atoms with Gasteiger partial charge in [-0.05, 0) is 12.1 Å². The van der Waals surface area contributed by atoms with Gasteiger partial charge < -0.3 is 5.32 Å². The maximum absolute atomic E-state index is 13.0. The first kappa shape index (κ1) is 9.21. The van der Waals surface area contributed by atoms with Crippen LogP contribution in [0.3, 0.4) is 0 Å². The normalized spacial score (nSPS) is 10.5. The summed E-state index contributed by atoms with van der Waals surface area (Å²) < 4.78 is 13.0. The van der Waals surface area contributed by atoms with E-state index in [2.05, 4.69) is 10.3 Å². The molecule has 0 aliphatic rings. The molecule has 1 heterocycles. The molecular weight excluding hydrogens is 203 g/mol. The van der Waals surface area contributed by atoms with Crippen LogP contribution >= 0.6 is 11.6 Å². The monoisotopic (exact) mass is 210 g/mol. The van der Waals surface area contributed by atoms with Crippen LogP contribution in [0.25, 0.3) is 10.9 Å². The van der Waals surface area contributed by atoms with Gasteiger partial charge in [0, 0.05) is 30.4 Å². The van der Waals surface area contributed by atoms with Crippen molar-refractivity contribution < 1.29 is 4.39 Å². The largest absolute Gasteiger partial charge is 0.387 e. The average molecular weight is 211 g/mol. The number of aromatic nitrogens is 1. The number of nitrogens with zero attached hydrogens (tertiary/aromatic N) is 1. The second-order valence-corrected chi connectivity index (χ2v) is 3.30. The number of fused-ring (bicyclic) bond motifs is 1. The predicted molar refractivity (Wildman–Crippen MR) is 56.3 cm³/mol. The third-order valence-corrected chi connectivity index (χ3v) is 2.33. The molecule has 1 aromatic heterocycles. The van der Waals surface area contributed by atoms with E-state index in [9.17, 15) is 4.39 Å². The van der Waals surface area contributed by atoms with E-state index in [-0.39, 0.29) is 5.82 Å². The van der Waals surface area contributed by atoms with E-state index in [1.807, 2.05) is 0 Å². The second kappa shape index (κ2) is 3.42. The van der Waals surface area contributed by atoms with Crippen LogP contribution in [-0.2, 0) is 0 Å². The molecule has 14 heavy (non-hydrogen) atoms. The van der Waals surface area contributed by atoms with Gasteiger partial charge in [0.1, 0.15) is 5.82 Å². The first-order valence-corrected chi connectivity index (χ1v) is 4.51. The van der Waals surface area contributed by atoms with Gasteiger partial charge in [-0.1, -0.05) is 11.6 Å². The van der Waals surface area contributed by atoms with Crippen molar-refractivity contribution in [3.63, 3.8) is 0 Å². The number of rotatable bonds is 1. The van der Waals surface area contributed by atoms with Crippen LogP contribution in [0.5, 0.6) is 0 Å². The minimum absolute atomic E-state index is 0.372. The van der Waals surface area contributed by atoms with Crippen molar-refractivity contribution >= 4 is 28.2 Å². The molecule has 0 saturated heterocycles. The van der Waals surface area contributed by atoms with Gasteiger partial charge in [-0.3, -0.25) is 4.98 Å². The Hall–Kier alpha value is -1.35. The first-order chi connectivity index (χ1) is 6.72. The zero-order valence-electron chi connectivity index (χ0n) is 7.51. The molecule has 0 fully saturated rings. The summed E-state index contributed by atoms with van der Waals surface area (Å²) in [5, 5.41) is 4.10. The summed E-state index contributed by atoms with van der Waals surface area (Å²) in [5.41, 5.74) is 1.40. The number of pyridine rings is 1. The summed E-state index contributed by atoms with van der Waals surface area (Å²) >= 11 is 5.93. The van der Waals surface area contributed by atoms with E-state index in [1.54, 1.807) is 19.3 Å². The fourth-order valence-electron chi connectivity index (χ4n) is 1.41. The van der Waals surface area contributed by atoms with Crippen LogP contribution in [0, 0.1) is 5.82 Å². The molecule has 1 aromatic carbocycles. The maximum Gasteiger partial charge on any atom is 0.126 e. The average Bonchev–Trinajstić information content (AvgIpc) is 2.16. The number of anilines is 1. The van der Waals surface area contributed by atoms with E-state index in [0.717, 1.165) is 11.1 Å². The smallest absolute Gasteiger partial charge is 0.126 e. The molecule has 2 aromatic rings. The van der Waals surface area contributed by atoms with Crippen LogP contribution in [0.2, 0.25) is 5.02 Å². The van der Waals surface area contributed by atoms with Gasteiger partial charge >= 0.3 is 0 Å². The molecular formula is C10H8ClFN2. The zero-order valence-corrected chi connectivity index (χ0v) is 8.27. The molecule has 0 amide bonds. The molecule has 0 spiro atoms. The zero-order chi connectivity index (χ0) is 10.1. The first-order valence-electron chi connectivity index (χ1n) is 4.14. The van der Waals surface area contributed by atoms with E-state index < -0.39 is 0 Å². The molecule has 2 nitrogen and oxygen atoms in total. The Bertz CT molecular complexity index is 485. The molecule has 0 radical (unpaired) electrons. The molecule has 0 saturated carbocycles. The lowest BCUT2D eigenvalue weighted by atomic mass is 10.2. The Kier molecular flexibility index (Phi) is 2.25. The Morgan fingerprint density at radius 1 is 1.43 bits per heavy atom. The van der Waals surface area contributed by atoms with Crippen molar-refractivity contribution in [2.75, 3.05) is 12.4 Å². The standard InChI is InChI=1S/C10H8ClFN2/c1-13-8-2-3-14-9-5-6(12)4-7(11)10(8)9/h2-5H,1H3,(H,13,14). The minimum atomic E-state index is -0.372. The number of halogens is 2. The van der Waals surface area contributed by atoms with Gasteiger partial charge in [0.15, 0.2) is 0 Å². The number of hydrogen-bond donors (Lipinski definition) is 1. The van der Waals surface area contributed by atoms with Gasteiger partial charge in [-0.2, -0.15) is 0 Å². The molecule has 0 atom stereocenters. The van der Waals surface area contributed by atoms with Crippen LogP contribution < -0.4 is 5.32 Å². The second-order valence-electron chi connectivity index (χ2n) is 2.89. The Labute approximate surface area is 85.7 Å². The maximum atomic E-state index is 13.0. The van der Waals surface area contributed by atoms with Crippen molar-refractivity contribution in [1.82, 2.24) is 4.98 Å². The highest BCUT2D eigenvalue weighted by molar-refractivity contribution is 6.36. The van der Waals surface area contributed by atoms with Crippen LogP contribution in [0.4, 0.5) is 10.1 Å². The Balaban J connectivity index is 2.87. The molecule has 0 aliphatic carbocycles. The molecule has 2 rings (SSSR count). The number of benzene rings is 1. The van der Waals surface area contributed by atoms with E-state index >= 15 is 0 Å². The van der Waals surface area contributed by atoms with E-state index in [4.69, 9.17) is 11.6 Å². The van der Waals surface area contributed by atoms with Crippen molar-refractivity contribution in [1.29, 1.82) is 0 Å². The van der Waals surface area contributed by atoms with Crippen LogP contribution in [-0.4, -0.2) is 12.0 Å². The Morgan fingerprint density at radius 3 is 2.93 bits per heavy atom. The lowest BCUT2D eigenvalue weighted by Crippen LogP contribution is -1.92. The lowest BCUT2D eigenvalue weighted by Gasteiger charge is -2.06. The van der Waals surface area contributed by atoms with E-state index in [1.165, 1.54) is 12.1 Å². The SMILES string of the molecule is CNc1ccnc2cc(F)cc(Cl)c12. The molecule has 0 aliphatic heterocycles. The molecule has 0 bridgehead atoms.